The molecule has 138 valence electrons. The van der Waals surface area contributed by atoms with Crippen molar-refractivity contribution in [1.82, 2.24) is 0 Å². The molecule has 0 saturated carbocycles. The standard InChI is InChI=1S/C16H26O8/c1-6-21-12(17)11(13(18)22-7-2)10-16(5,14(19)23-8-3)15(20)24-9-4/h11H,6-10H2,1-5H3. The van der Waals surface area contributed by atoms with Gasteiger partial charge in [0, 0.05) is 0 Å². The molecule has 24 heavy (non-hydrogen) atoms. The molecule has 0 atom stereocenters. The van der Waals surface area contributed by atoms with Gasteiger partial charge < -0.3 is 18.9 Å². The third kappa shape index (κ3) is 5.82. The van der Waals surface area contributed by atoms with Crippen molar-refractivity contribution in [2.45, 2.75) is 41.0 Å². The third-order valence-electron chi connectivity index (χ3n) is 3.21. The number of hydrogen-bond acceptors (Lipinski definition) is 8. The molecule has 0 aromatic heterocycles. The van der Waals surface area contributed by atoms with Gasteiger partial charge in [-0.05, 0) is 41.0 Å². The Kier molecular flexibility index (Phi) is 9.68. The number of rotatable bonds is 10. The summed E-state index contributed by atoms with van der Waals surface area (Å²) in [6.45, 7) is 7.76. The molecular formula is C16H26O8. The van der Waals surface area contributed by atoms with Crippen LogP contribution in [0.3, 0.4) is 0 Å². The Balaban J connectivity index is 5.63. The van der Waals surface area contributed by atoms with Crippen LogP contribution in [0.2, 0.25) is 0 Å². The Hall–Kier alpha value is -2.12. The van der Waals surface area contributed by atoms with Crippen LogP contribution in [-0.2, 0) is 38.1 Å². The van der Waals surface area contributed by atoms with Crippen molar-refractivity contribution < 1.29 is 38.1 Å². The SMILES string of the molecule is CCOC(=O)C(CC(C)(C(=O)OCC)C(=O)OCC)C(=O)OCC. The molecule has 0 spiro atoms. The smallest absolute Gasteiger partial charge is 0.323 e. The summed E-state index contributed by atoms with van der Waals surface area (Å²) in [4.78, 5) is 48.6. The van der Waals surface area contributed by atoms with Gasteiger partial charge in [-0.2, -0.15) is 0 Å². The molecule has 0 aliphatic rings. The topological polar surface area (TPSA) is 105 Å². The summed E-state index contributed by atoms with van der Waals surface area (Å²) in [7, 11) is 0. The molecule has 0 heterocycles. The molecule has 8 heteroatoms. The van der Waals surface area contributed by atoms with E-state index in [9.17, 15) is 19.2 Å². The van der Waals surface area contributed by atoms with Crippen LogP contribution < -0.4 is 0 Å². The minimum atomic E-state index is -1.82. The molecule has 0 aliphatic carbocycles. The van der Waals surface area contributed by atoms with Gasteiger partial charge in [-0.1, -0.05) is 0 Å². The average molecular weight is 346 g/mol. The molecule has 8 nitrogen and oxygen atoms in total. The van der Waals surface area contributed by atoms with E-state index in [0.717, 1.165) is 0 Å². The zero-order valence-electron chi connectivity index (χ0n) is 14.9. The van der Waals surface area contributed by atoms with E-state index in [2.05, 4.69) is 0 Å². The van der Waals surface area contributed by atoms with Crippen molar-refractivity contribution in [3.05, 3.63) is 0 Å². The Labute approximate surface area is 141 Å². The Morgan fingerprint density at radius 2 is 1.04 bits per heavy atom. The number of carbonyl (C=O) groups excluding carboxylic acids is 4. The first-order valence-corrected chi connectivity index (χ1v) is 7.96. The molecule has 0 aliphatic heterocycles. The molecule has 0 saturated heterocycles. The predicted molar refractivity (Wildman–Crippen MR) is 82.7 cm³/mol. The van der Waals surface area contributed by atoms with Crippen molar-refractivity contribution in [1.29, 1.82) is 0 Å². The maximum atomic E-state index is 12.3. The molecule has 0 aromatic rings. The van der Waals surface area contributed by atoms with Crippen LogP contribution in [0.25, 0.3) is 0 Å². The molecule has 0 unspecified atom stereocenters. The summed E-state index contributed by atoms with van der Waals surface area (Å²) in [5.74, 6) is -4.90. The molecular weight excluding hydrogens is 320 g/mol. The summed E-state index contributed by atoms with van der Waals surface area (Å²) in [6, 6.07) is 0. The quantitative estimate of drug-likeness (QED) is 0.331. The van der Waals surface area contributed by atoms with Gasteiger partial charge in [0.2, 0.25) is 0 Å². The predicted octanol–water partition coefficient (Wildman–Crippen LogP) is 1.25. The van der Waals surface area contributed by atoms with Crippen LogP contribution >= 0.6 is 0 Å². The first kappa shape index (κ1) is 21.9. The maximum Gasteiger partial charge on any atom is 0.323 e. The molecule has 0 fully saturated rings. The first-order valence-electron chi connectivity index (χ1n) is 7.96. The Morgan fingerprint density at radius 1 is 0.708 bits per heavy atom. The van der Waals surface area contributed by atoms with Crippen molar-refractivity contribution in [3.63, 3.8) is 0 Å². The summed E-state index contributed by atoms with van der Waals surface area (Å²) in [5, 5.41) is 0. The lowest BCUT2D eigenvalue weighted by Gasteiger charge is -2.27. The fourth-order valence-electron chi connectivity index (χ4n) is 1.99. The average Bonchev–Trinajstić information content (AvgIpc) is 2.53. The number of carbonyl (C=O) groups is 4. The highest BCUT2D eigenvalue weighted by Crippen LogP contribution is 2.31. The van der Waals surface area contributed by atoms with Gasteiger partial charge in [0.25, 0.3) is 0 Å². The van der Waals surface area contributed by atoms with Crippen LogP contribution in [0.5, 0.6) is 0 Å². The normalized spacial score (nSPS) is 10.9. The monoisotopic (exact) mass is 346 g/mol. The van der Waals surface area contributed by atoms with Gasteiger partial charge in [-0.15, -0.1) is 0 Å². The van der Waals surface area contributed by atoms with E-state index in [0.29, 0.717) is 0 Å². The number of hydrogen-bond donors (Lipinski definition) is 0. The van der Waals surface area contributed by atoms with E-state index in [1.165, 1.54) is 6.92 Å². The van der Waals surface area contributed by atoms with E-state index < -0.39 is 41.6 Å². The fourth-order valence-corrected chi connectivity index (χ4v) is 1.99. The molecule has 0 rings (SSSR count). The van der Waals surface area contributed by atoms with Gasteiger partial charge in [0.15, 0.2) is 11.3 Å². The molecule has 0 N–H and O–H groups in total. The summed E-state index contributed by atoms with van der Waals surface area (Å²) >= 11 is 0. The maximum absolute atomic E-state index is 12.3. The van der Waals surface area contributed by atoms with Crippen LogP contribution in [0, 0.1) is 11.3 Å². The zero-order valence-corrected chi connectivity index (χ0v) is 14.9. The Bertz CT molecular complexity index is 421. The van der Waals surface area contributed by atoms with E-state index in [-0.39, 0.29) is 26.4 Å². The number of esters is 4. The zero-order chi connectivity index (χ0) is 18.8. The third-order valence-corrected chi connectivity index (χ3v) is 3.21. The van der Waals surface area contributed by atoms with Gasteiger partial charge in [-0.3, -0.25) is 19.2 Å². The molecule has 0 amide bonds. The highest BCUT2D eigenvalue weighted by molar-refractivity contribution is 6.02. The lowest BCUT2D eigenvalue weighted by Crippen LogP contribution is -2.44. The van der Waals surface area contributed by atoms with Crippen LogP contribution in [0.15, 0.2) is 0 Å². The highest BCUT2D eigenvalue weighted by Gasteiger charge is 2.49. The molecule has 0 radical (unpaired) electrons. The summed E-state index contributed by atoms with van der Waals surface area (Å²) < 4.78 is 19.5. The van der Waals surface area contributed by atoms with Gasteiger partial charge in [0.05, 0.1) is 26.4 Å². The minimum Gasteiger partial charge on any atom is -0.465 e. The largest absolute Gasteiger partial charge is 0.465 e. The van der Waals surface area contributed by atoms with Crippen LogP contribution in [-0.4, -0.2) is 50.3 Å². The summed E-state index contributed by atoms with van der Waals surface area (Å²) in [5.41, 5.74) is -1.82. The van der Waals surface area contributed by atoms with Crippen molar-refractivity contribution >= 4 is 23.9 Å². The lowest BCUT2D eigenvalue weighted by molar-refractivity contribution is -0.175. The number of ether oxygens (including phenoxy) is 4. The second kappa shape index (κ2) is 10.6. The van der Waals surface area contributed by atoms with Gasteiger partial charge >= 0.3 is 23.9 Å². The van der Waals surface area contributed by atoms with Gasteiger partial charge in [0.1, 0.15) is 0 Å². The molecule has 0 aromatic carbocycles. The van der Waals surface area contributed by atoms with Crippen LogP contribution in [0.1, 0.15) is 41.0 Å². The van der Waals surface area contributed by atoms with Crippen LogP contribution in [0.4, 0.5) is 0 Å². The lowest BCUT2D eigenvalue weighted by atomic mass is 9.80. The fraction of sp³-hybridized carbons (Fsp3) is 0.750. The Morgan fingerprint density at radius 3 is 1.33 bits per heavy atom. The summed E-state index contributed by atoms with van der Waals surface area (Å²) in [6.07, 6.45) is -0.456. The second-order valence-corrected chi connectivity index (χ2v) is 5.03. The first-order chi connectivity index (χ1) is 11.3. The van der Waals surface area contributed by atoms with E-state index in [1.807, 2.05) is 0 Å². The van der Waals surface area contributed by atoms with Crippen molar-refractivity contribution in [2.75, 3.05) is 26.4 Å². The second-order valence-electron chi connectivity index (χ2n) is 5.03. The minimum absolute atomic E-state index is 0.0390. The van der Waals surface area contributed by atoms with Gasteiger partial charge in [-0.25, -0.2) is 0 Å². The van der Waals surface area contributed by atoms with E-state index in [1.54, 1.807) is 27.7 Å². The highest BCUT2D eigenvalue weighted by atomic mass is 16.6. The van der Waals surface area contributed by atoms with Crippen molar-refractivity contribution in [3.8, 4) is 0 Å². The van der Waals surface area contributed by atoms with E-state index >= 15 is 0 Å². The van der Waals surface area contributed by atoms with Crippen molar-refractivity contribution in [2.24, 2.45) is 11.3 Å². The molecule has 0 bridgehead atoms. The van der Waals surface area contributed by atoms with E-state index in [4.69, 9.17) is 18.9 Å².